The van der Waals surface area contributed by atoms with Gasteiger partial charge < -0.3 is 15.4 Å². The van der Waals surface area contributed by atoms with Crippen LogP contribution in [0.5, 0.6) is 0 Å². The molecule has 0 aliphatic rings. The second-order valence-electron chi connectivity index (χ2n) is 6.02. The molecule has 0 aliphatic heterocycles. The number of nitro groups is 1. The molecule has 25 heavy (non-hydrogen) atoms. The van der Waals surface area contributed by atoms with Gasteiger partial charge in [-0.3, -0.25) is 4.57 Å². The fraction of sp³-hybridized carbons (Fsp3) is 0.211. The summed E-state index contributed by atoms with van der Waals surface area (Å²) in [5.74, 6) is 0.306. The Hall–Kier alpha value is -3.15. The average molecular weight is 336 g/mol. The maximum atomic E-state index is 11.2. The molecule has 3 aromatic rings. The molecule has 0 bridgehead atoms. The highest BCUT2D eigenvalue weighted by Gasteiger charge is 2.26. The molecule has 1 aromatic heterocycles. The Balaban J connectivity index is 1.97. The van der Waals surface area contributed by atoms with E-state index < -0.39 is 4.92 Å². The first-order chi connectivity index (χ1) is 12.1. The molecule has 0 unspecified atom stereocenters. The van der Waals surface area contributed by atoms with Crippen LogP contribution < -0.4 is 5.32 Å². The molecule has 0 saturated carbocycles. The van der Waals surface area contributed by atoms with Crippen molar-refractivity contribution in [3.8, 4) is 0 Å². The molecule has 6 heteroatoms. The summed E-state index contributed by atoms with van der Waals surface area (Å²) < 4.78 is 1.64. The Morgan fingerprint density at radius 2 is 1.56 bits per heavy atom. The number of aromatic nitrogens is 2. The van der Waals surface area contributed by atoms with Gasteiger partial charge in [0.25, 0.3) is 0 Å². The van der Waals surface area contributed by atoms with Gasteiger partial charge in [-0.25, -0.2) is 0 Å². The minimum Gasteiger partial charge on any atom is -0.361 e. The lowest BCUT2D eigenvalue weighted by Gasteiger charge is -2.26. The number of aryl methyl sites for hydroxylation is 1. The summed E-state index contributed by atoms with van der Waals surface area (Å²) >= 11 is 0. The van der Waals surface area contributed by atoms with E-state index in [1.807, 2.05) is 43.3 Å². The largest absolute Gasteiger partial charge is 0.406 e. The highest BCUT2D eigenvalue weighted by Crippen LogP contribution is 2.31. The fourth-order valence-electron chi connectivity index (χ4n) is 3.11. The van der Waals surface area contributed by atoms with Gasteiger partial charge in [0.1, 0.15) is 0 Å². The third-order valence-corrected chi connectivity index (χ3v) is 4.27. The third-order valence-electron chi connectivity index (χ3n) is 4.27. The summed E-state index contributed by atoms with van der Waals surface area (Å²) in [4.78, 5) is 14.6. The normalized spacial score (nSPS) is 12.1. The molecule has 0 fully saturated rings. The van der Waals surface area contributed by atoms with Crippen LogP contribution in [0, 0.1) is 10.1 Å². The minimum atomic E-state index is -0.463. The molecule has 128 valence electrons. The fourth-order valence-corrected chi connectivity index (χ4v) is 3.11. The molecule has 0 saturated heterocycles. The van der Waals surface area contributed by atoms with Crippen LogP contribution in [-0.4, -0.2) is 20.5 Å². The van der Waals surface area contributed by atoms with Gasteiger partial charge in [-0.2, -0.15) is 0 Å². The highest BCUT2D eigenvalue weighted by molar-refractivity contribution is 5.53. The van der Waals surface area contributed by atoms with Crippen molar-refractivity contribution < 1.29 is 4.92 Å². The van der Waals surface area contributed by atoms with Crippen LogP contribution in [0.15, 0.2) is 67.0 Å². The average Bonchev–Trinajstić information content (AvgIpc) is 2.98. The molecular formula is C19H20N4O2. The van der Waals surface area contributed by atoms with E-state index in [1.165, 1.54) is 6.33 Å². The lowest BCUT2D eigenvalue weighted by molar-refractivity contribution is -0.388. The van der Waals surface area contributed by atoms with Crippen molar-refractivity contribution in [2.75, 3.05) is 5.32 Å². The Bertz CT molecular complexity index is 807. The van der Waals surface area contributed by atoms with Crippen LogP contribution >= 0.6 is 0 Å². The van der Waals surface area contributed by atoms with Crippen LogP contribution in [0.3, 0.4) is 0 Å². The summed E-state index contributed by atoms with van der Waals surface area (Å²) in [7, 11) is 1.75. The van der Waals surface area contributed by atoms with Gasteiger partial charge in [-0.15, -0.1) is 0 Å². The third kappa shape index (κ3) is 3.52. The van der Waals surface area contributed by atoms with Crippen molar-refractivity contribution >= 4 is 11.6 Å². The summed E-state index contributed by atoms with van der Waals surface area (Å²) in [5.41, 5.74) is 2.30. The Labute approximate surface area is 146 Å². The summed E-state index contributed by atoms with van der Waals surface area (Å²) in [6.07, 6.45) is 1.45. The van der Waals surface area contributed by atoms with Gasteiger partial charge in [0.2, 0.25) is 12.1 Å². The molecule has 1 heterocycles. The first-order valence-corrected chi connectivity index (χ1v) is 8.10. The monoisotopic (exact) mass is 336 g/mol. The van der Waals surface area contributed by atoms with E-state index in [0.717, 1.165) is 11.1 Å². The quantitative estimate of drug-likeness (QED) is 0.546. The predicted molar refractivity (Wildman–Crippen MR) is 97.7 cm³/mol. The number of rotatable bonds is 6. The standard InChI is InChI=1S/C19H20N4O2/c1-14(21-19-18(23(24)25)20-13-22(19)2)17(15-9-5-3-6-10-15)16-11-7-4-8-12-16/h3-14,17,21H,1-2H3/t14-/m1/s1. The van der Waals surface area contributed by atoms with Crippen molar-refractivity contribution in [3.63, 3.8) is 0 Å². The van der Waals surface area contributed by atoms with E-state index in [-0.39, 0.29) is 17.8 Å². The van der Waals surface area contributed by atoms with Gasteiger partial charge in [0, 0.05) is 19.0 Å². The van der Waals surface area contributed by atoms with E-state index >= 15 is 0 Å². The molecular weight excluding hydrogens is 316 g/mol. The lowest BCUT2D eigenvalue weighted by Crippen LogP contribution is -2.26. The second-order valence-corrected chi connectivity index (χ2v) is 6.02. The first kappa shape index (κ1) is 16.7. The summed E-state index contributed by atoms with van der Waals surface area (Å²) in [5, 5.41) is 14.5. The number of imidazole rings is 1. The number of nitrogens with zero attached hydrogens (tertiary/aromatic N) is 3. The molecule has 0 amide bonds. The molecule has 6 nitrogen and oxygen atoms in total. The van der Waals surface area contributed by atoms with Gasteiger partial charge in [0.05, 0.1) is 0 Å². The van der Waals surface area contributed by atoms with Crippen LogP contribution in [0.1, 0.15) is 24.0 Å². The predicted octanol–water partition coefficient (Wildman–Crippen LogP) is 3.96. The number of hydrogen-bond acceptors (Lipinski definition) is 4. The first-order valence-electron chi connectivity index (χ1n) is 8.10. The van der Waals surface area contributed by atoms with Crippen molar-refractivity contribution in [2.24, 2.45) is 7.05 Å². The molecule has 0 aliphatic carbocycles. The van der Waals surface area contributed by atoms with E-state index in [0.29, 0.717) is 5.82 Å². The maximum absolute atomic E-state index is 11.2. The molecule has 1 N–H and O–H groups in total. The zero-order valence-corrected chi connectivity index (χ0v) is 14.2. The SMILES string of the molecule is C[C@@H](Nc1c([N+](=O)[O-])ncn1C)C(c1ccccc1)c1ccccc1. The van der Waals surface area contributed by atoms with Gasteiger partial charge in [-0.05, 0) is 28.0 Å². The lowest BCUT2D eigenvalue weighted by atomic mass is 9.86. The zero-order chi connectivity index (χ0) is 17.8. The van der Waals surface area contributed by atoms with Crippen molar-refractivity contribution in [2.45, 2.75) is 18.9 Å². The topological polar surface area (TPSA) is 73.0 Å². The van der Waals surface area contributed by atoms with Crippen molar-refractivity contribution in [1.29, 1.82) is 0 Å². The molecule has 3 rings (SSSR count). The number of benzene rings is 2. The van der Waals surface area contributed by atoms with Crippen molar-refractivity contribution in [3.05, 3.63) is 88.2 Å². The molecule has 1 atom stereocenters. The smallest absolute Gasteiger partial charge is 0.361 e. The number of nitrogens with one attached hydrogen (secondary N) is 1. The Kier molecular flexibility index (Phi) is 4.79. The van der Waals surface area contributed by atoms with E-state index in [2.05, 4.69) is 34.6 Å². The van der Waals surface area contributed by atoms with Crippen LogP contribution in [0.2, 0.25) is 0 Å². The van der Waals surface area contributed by atoms with Crippen molar-refractivity contribution in [1.82, 2.24) is 9.55 Å². The second kappa shape index (κ2) is 7.17. The van der Waals surface area contributed by atoms with Gasteiger partial charge in [-0.1, -0.05) is 60.7 Å². The van der Waals surface area contributed by atoms with Gasteiger partial charge in [0.15, 0.2) is 0 Å². The Morgan fingerprint density at radius 1 is 1.04 bits per heavy atom. The van der Waals surface area contributed by atoms with Crippen LogP contribution in [0.4, 0.5) is 11.6 Å². The highest BCUT2D eigenvalue weighted by atomic mass is 16.6. The van der Waals surface area contributed by atoms with E-state index in [9.17, 15) is 10.1 Å². The summed E-state index contributed by atoms with van der Waals surface area (Å²) in [6, 6.07) is 20.2. The summed E-state index contributed by atoms with van der Waals surface area (Å²) in [6.45, 7) is 2.03. The molecule has 0 radical (unpaired) electrons. The Morgan fingerprint density at radius 3 is 2.04 bits per heavy atom. The van der Waals surface area contributed by atoms with Crippen LogP contribution in [-0.2, 0) is 7.05 Å². The maximum Gasteiger partial charge on any atom is 0.406 e. The number of hydrogen-bond donors (Lipinski definition) is 1. The molecule has 2 aromatic carbocycles. The zero-order valence-electron chi connectivity index (χ0n) is 14.2. The molecule has 0 spiro atoms. The van der Waals surface area contributed by atoms with Crippen LogP contribution in [0.25, 0.3) is 0 Å². The minimum absolute atomic E-state index is 0.0527. The van der Waals surface area contributed by atoms with Gasteiger partial charge >= 0.3 is 5.82 Å². The van der Waals surface area contributed by atoms with E-state index in [1.54, 1.807) is 11.6 Å². The van der Waals surface area contributed by atoms with E-state index in [4.69, 9.17) is 0 Å². The number of anilines is 1.